The number of thioether (sulfide) groups is 1. The zero-order valence-electron chi connectivity index (χ0n) is 13.3. The maximum atomic E-state index is 4.59. The van der Waals surface area contributed by atoms with Gasteiger partial charge in [-0.25, -0.2) is 0 Å². The van der Waals surface area contributed by atoms with Gasteiger partial charge in [-0.05, 0) is 57.0 Å². The minimum atomic E-state index is 0.342. The lowest BCUT2D eigenvalue weighted by molar-refractivity contribution is 0.592. The summed E-state index contributed by atoms with van der Waals surface area (Å²) in [4.78, 5) is 5.92. The second-order valence-corrected chi connectivity index (χ2v) is 6.59. The van der Waals surface area contributed by atoms with Crippen LogP contribution in [0.15, 0.2) is 41.3 Å². The fourth-order valence-electron chi connectivity index (χ4n) is 2.75. The third-order valence-electron chi connectivity index (χ3n) is 3.58. The van der Waals surface area contributed by atoms with Crippen LogP contribution in [0.25, 0.3) is 0 Å². The van der Waals surface area contributed by atoms with Crippen LogP contribution in [-0.4, -0.2) is 17.3 Å². The van der Waals surface area contributed by atoms with Crippen LogP contribution in [0.4, 0.5) is 0 Å². The predicted molar refractivity (Wildman–Crippen MR) is 92.0 cm³/mol. The Hall–Kier alpha value is -1.32. The molecule has 1 aromatic carbocycles. The molecule has 1 heterocycles. The topological polar surface area (TPSA) is 24.9 Å². The van der Waals surface area contributed by atoms with E-state index in [-0.39, 0.29) is 0 Å². The summed E-state index contributed by atoms with van der Waals surface area (Å²) in [6, 6.07) is 13.1. The zero-order chi connectivity index (χ0) is 15.2. The van der Waals surface area contributed by atoms with Crippen molar-refractivity contribution in [2.45, 2.75) is 38.6 Å². The van der Waals surface area contributed by atoms with Crippen LogP contribution in [0.1, 0.15) is 35.5 Å². The lowest BCUT2D eigenvalue weighted by Crippen LogP contribution is -2.23. The van der Waals surface area contributed by atoms with E-state index in [4.69, 9.17) is 0 Å². The smallest absolute Gasteiger partial charge is 0.0426 e. The Morgan fingerprint density at radius 3 is 2.52 bits per heavy atom. The summed E-state index contributed by atoms with van der Waals surface area (Å²) in [7, 11) is 0. The van der Waals surface area contributed by atoms with Gasteiger partial charge in [-0.2, -0.15) is 0 Å². The van der Waals surface area contributed by atoms with Crippen LogP contribution in [0.3, 0.4) is 0 Å². The van der Waals surface area contributed by atoms with Crippen molar-refractivity contribution in [3.05, 3.63) is 58.9 Å². The summed E-state index contributed by atoms with van der Waals surface area (Å²) in [6.07, 6.45) is 0. The van der Waals surface area contributed by atoms with Crippen LogP contribution in [-0.2, 0) is 0 Å². The number of benzene rings is 1. The predicted octanol–water partition coefficient (Wildman–Crippen LogP) is 4.45. The molecule has 0 radical (unpaired) electrons. The van der Waals surface area contributed by atoms with Crippen molar-refractivity contribution in [1.29, 1.82) is 0 Å². The van der Waals surface area contributed by atoms with Crippen molar-refractivity contribution in [1.82, 2.24) is 10.3 Å². The zero-order valence-corrected chi connectivity index (χ0v) is 14.1. The second-order valence-electron chi connectivity index (χ2n) is 5.42. The molecule has 3 heteroatoms. The maximum Gasteiger partial charge on any atom is 0.0426 e. The number of pyridine rings is 1. The molecule has 0 bridgehead atoms. The number of nitrogens with one attached hydrogen (secondary N) is 1. The first-order valence-corrected chi connectivity index (χ1v) is 8.42. The van der Waals surface area contributed by atoms with E-state index < -0.39 is 0 Å². The van der Waals surface area contributed by atoms with Crippen molar-refractivity contribution >= 4 is 11.8 Å². The molecule has 2 aromatic rings. The molecule has 112 valence electrons. The number of nitrogens with zero attached hydrogens (tertiary/aromatic N) is 1. The Morgan fingerprint density at radius 1 is 1.14 bits per heavy atom. The van der Waals surface area contributed by atoms with Gasteiger partial charge in [-0.3, -0.25) is 4.98 Å². The number of rotatable bonds is 6. The standard InChI is InChI=1S/C18H24N2S/c1-13-12-14(2)20-16(4)18(13)15(3)19-10-11-21-17-8-6-5-7-9-17/h5-9,12,15,19H,10-11H2,1-4H3. The van der Waals surface area contributed by atoms with Crippen molar-refractivity contribution in [2.24, 2.45) is 0 Å². The second kappa shape index (κ2) is 7.62. The molecular formula is C18H24N2S. The molecule has 0 fully saturated rings. The van der Waals surface area contributed by atoms with E-state index in [1.165, 1.54) is 16.0 Å². The third kappa shape index (κ3) is 4.58. The van der Waals surface area contributed by atoms with Crippen molar-refractivity contribution in [3.8, 4) is 0 Å². The highest BCUT2D eigenvalue weighted by Crippen LogP contribution is 2.21. The molecule has 0 amide bonds. The first-order valence-electron chi connectivity index (χ1n) is 7.44. The van der Waals surface area contributed by atoms with Gasteiger partial charge in [0.2, 0.25) is 0 Å². The van der Waals surface area contributed by atoms with Crippen molar-refractivity contribution in [2.75, 3.05) is 12.3 Å². The fourth-order valence-corrected chi connectivity index (χ4v) is 3.56. The molecular weight excluding hydrogens is 276 g/mol. The first-order chi connectivity index (χ1) is 10.1. The van der Waals surface area contributed by atoms with Crippen LogP contribution in [0.5, 0.6) is 0 Å². The molecule has 0 saturated heterocycles. The Bertz CT molecular complexity index is 558. The number of aryl methyl sites for hydroxylation is 3. The van der Waals surface area contributed by atoms with Gasteiger partial charge in [0.25, 0.3) is 0 Å². The maximum absolute atomic E-state index is 4.59. The normalized spacial score (nSPS) is 12.4. The summed E-state index contributed by atoms with van der Waals surface area (Å²) in [6.45, 7) is 9.55. The van der Waals surface area contributed by atoms with Crippen LogP contribution in [0, 0.1) is 20.8 Å². The lowest BCUT2D eigenvalue weighted by atomic mass is 10.0. The Labute approximate surface area is 132 Å². The highest BCUT2D eigenvalue weighted by molar-refractivity contribution is 7.99. The van der Waals surface area contributed by atoms with E-state index in [0.29, 0.717) is 6.04 Å². The summed E-state index contributed by atoms with van der Waals surface area (Å²) >= 11 is 1.89. The summed E-state index contributed by atoms with van der Waals surface area (Å²) < 4.78 is 0. The molecule has 1 unspecified atom stereocenters. The largest absolute Gasteiger partial charge is 0.309 e. The lowest BCUT2D eigenvalue weighted by Gasteiger charge is -2.19. The highest BCUT2D eigenvalue weighted by atomic mass is 32.2. The van der Waals surface area contributed by atoms with Gasteiger partial charge in [-0.15, -0.1) is 11.8 Å². The molecule has 0 saturated carbocycles. The Kier molecular flexibility index (Phi) is 5.83. The van der Waals surface area contributed by atoms with Gasteiger partial charge in [0.15, 0.2) is 0 Å². The summed E-state index contributed by atoms with van der Waals surface area (Å²) in [5.41, 5.74) is 4.91. The highest BCUT2D eigenvalue weighted by Gasteiger charge is 2.12. The SMILES string of the molecule is Cc1cc(C)c(C(C)NCCSc2ccccc2)c(C)n1. The first kappa shape index (κ1) is 16.1. The molecule has 1 N–H and O–H groups in total. The minimum absolute atomic E-state index is 0.342. The molecule has 0 aliphatic carbocycles. The summed E-state index contributed by atoms with van der Waals surface area (Å²) in [5, 5.41) is 3.61. The monoisotopic (exact) mass is 300 g/mol. The van der Waals surface area contributed by atoms with E-state index >= 15 is 0 Å². The average Bonchev–Trinajstić information content (AvgIpc) is 2.43. The van der Waals surface area contributed by atoms with Gasteiger partial charge in [0, 0.05) is 34.6 Å². The average molecular weight is 300 g/mol. The number of hydrogen-bond donors (Lipinski definition) is 1. The molecule has 1 atom stereocenters. The van der Waals surface area contributed by atoms with Gasteiger partial charge < -0.3 is 5.32 Å². The molecule has 21 heavy (non-hydrogen) atoms. The molecule has 0 aliphatic heterocycles. The van der Waals surface area contributed by atoms with E-state index in [0.717, 1.165) is 23.7 Å². The number of aromatic nitrogens is 1. The van der Waals surface area contributed by atoms with Gasteiger partial charge in [0.1, 0.15) is 0 Å². The molecule has 0 aliphatic rings. The van der Waals surface area contributed by atoms with E-state index in [2.05, 4.69) is 74.4 Å². The Balaban J connectivity index is 1.86. The van der Waals surface area contributed by atoms with Crippen LogP contribution >= 0.6 is 11.8 Å². The Morgan fingerprint density at radius 2 is 1.86 bits per heavy atom. The van der Waals surface area contributed by atoms with Crippen molar-refractivity contribution < 1.29 is 0 Å². The minimum Gasteiger partial charge on any atom is -0.309 e. The molecule has 2 rings (SSSR count). The van der Waals surface area contributed by atoms with E-state index in [1.54, 1.807) is 0 Å². The van der Waals surface area contributed by atoms with Crippen LogP contribution < -0.4 is 5.32 Å². The third-order valence-corrected chi connectivity index (χ3v) is 4.60. The van der Waals surface area contributed by atoms with E-state index in [9.17, 15) is 0 Å². The van der Waals surface area contributed by atoms with E-state index in [1.807, 2.05) is 11.8 Å². The molecule has 1 aromatic heterocycles. The fraction of sp³-hybridized carbons (Fsp3) is 0.389. The van der Waals surface area contributed by atoms with Gasteiger partial charge >= 0.3 is 0 Å². The molecule has 2 nitrogen and oxygen atoms in total. The van der Waals surface area contributed by atoms with Gasteiger partial charge in [0.05, 0.1) is 0 Å². The number of hydrogen-bond acceptors (Lipinski definition) is 3. The van der Waals surface area contributed by atoms with Crippen LogP contribution in [0.2, 0.25) is 0 Å². The van der Waals surface area contributed by atoms with Crippen molar-refractivity contribution in [3.63, 3.8) is 0 Å². The molecule has 0 spiro atoms. The van der Waals surface area contributed by atoms with Gasteiger partial charge in [-0.1, -0.05) is 18.2 Å². The quantitative estimate of drug-likeness (QED) is 0.630. The summed E-state index contributed by atoms with van der Waals surface area (Å²) in [5.74, 6) is 1.08.